The van der Waals surface area contributed by atoms with E-state index in [-0.39, 0.29) is 30.3 Å². The van der Waals surface area contributed by atoms with Crippen LogP contribution in [0.5, 0.6) is 5.75 Å². The Balaban J connectivity index is 1.68. The number of rotatable bonds is 7. The normalized spacial score (nSPS) is 10.2. The molecule has 4 nitrogen and oxygen atoms in total. The van der Waals surface area contributed by atoms with Crippen molar-refractivity contribution in [3.8, 4) is 5.75 Å². The van der Waals surface area contributed by atoms with E-state index in [2.05, 4.69) is 5.32 Å². The summed E-state index contributed by atoms with van der Waals surface area (Å²) in [7, 11) is 0. The minimum Gasteiger partial charge on any atom is -0.508 e. The molecule has 0 saturated heterocycles. The van der Waals surface area contributed by atoms with E-state index < -0.39 is 0 Å². The molecular formula is C18H19NO3. The quantitative estimate of drug-likeness (QED) is 0.772. The summed E-state index contributed by atoms with van der Waals surface area (Å²) in [5, 5.41) is 12.0. The molecule has 22 heavy (non-hydrogen) atoms. The number of Topliss-reactive ketones (excluding diaryl/α,β-unsaturated/α-hetero) is 1. The van der Waals surface area contributed by atoms with Crippen molar-refractivity contribution in [1.82, 2.24) is 5.32 Å². The highest BCUT2D eigenvalue weighted by atomic mass is 16.3. The minimum absolute atomic E-state index is 0.0192. The molecule has 0 saturated carbocycles. The van der Waals surface area contributed by atoms with E-state index in [0.717, 1.165) is 5.56 Å². The number of phenolic OH excluding ortho intramolecular Hbond substituents is 1. The summed E-state index contributed by atoms with van der Waals surface area (Å²) in [6.07, 6.45) is 1.11. The lowest BCUT2D eigenvalue weighted by atomic mass is 10.1. The Hall–Kier alpha value is -2.62. The summed E-state index contributed by atoms with van der Waals surface area (Å²) in [6.45, 7) is 0.517. The number of ketones is 1. The summed E-state index contributed by atoms with van der Waals surface area (Å²) in [6, 6.07) is 15.9. The van der Waals surface area contributed by atoms with Crippen LogP contribution < -0.4 is 5.32 Å². The summed E-state index contributed by atoms with van der Waals surface area (Å²) < 4.78 is 0. The first kappa shape index (κ1) is 15.8. The highest BCUT2D eigenvalue weighted by Gasteiger charge is 2.08. The Morgan fingerprint density at radius 2 is 1.59 bits per heavy atom. The molecule has 0 unspecified atom stereocenters. The average molecular weight is 297 g/mol. The third-order valence-corrected chi connectivity index (χ3v) is 3.35. The van der Waals surface area contributed by atoms with Crippen LogP contribution in [0.2, 0.25) is 0 Å². The fraction of sp³-hybridized carbons (Fsp3) is 0.222. The summed E-state index contributed by atoms with van der Waals surface area (Å²) in [4.78, 5) is 23.6. The molecule has 0 heterocycles. The second kappa shape index (κ2) is 7.98. The van der Waals surface area contributed by atoms with Gasteiger partial charge >= 0.3 is 0 Å². The number of phenols is 1. The highest BCUT2D eigenvalue weighted by Crippen LogP contribution is 2.09. The lowest BCUT2D eigenvalue weighted by molar-refractivity contribution is -0.121. The predicted octanol–water partition coefficient (Wildman–Crippen LogP) is 2.71. The molecule has 0 bridgehead atoms. The Bertz CT molecular complexity index is 621. The number of amides is 1. The van der Waals surface area contributed by atoms with Crippen molar-refractivity contribution in [2.75, 3.05) is 6.54 Å². The van der Waals surface area contributed by atoms with E-state index in [9.17, 15) is 14.7 Å². The third kappa shape index (κ3) is 5.05. The van der Waals surface area contributed by atoms with Gasteiger partial charge in [0.25, 0.3) is 0 Å². The number of carbonyl (C=O) groups is 2. The molecule has 0 aliphatic heterocycles. The molecule has 0 spiro atoms. The maximum absolute atomic E-state index is 11.9. The van der Waals surface area contributed by atoms with Crippen LogP contribution in [0.1, 0.15) is 28.8 Å². The molecule has 0 aromatic heterocycles. The Labute approximate surface area is 129 Å². The van der Waals surface area contributed by atoms with Gasteiger partial charge in [0.1, 0.15) is 5.75 Å². The first-order valence-corrected chi connectivity index (χ1v) is 7.28. The Kier molecular flexibility index (Phi) is 5.72. The second-order valence-corrected chi connectivity index (χ2v) is 5.06. The fourth-order valence-electron chi connectivity index (χ4n) is 2.09. The van der Waals surface area contributed by atoms with Crippen molar-refractivity contribution in [1.29, 1.82) is 0 Å². The summed E-state index contributed by atoms with van der Waals surface area (Å²) in [5.41, 5.74) is 1.68. The van der Waals surface area contributed by atoms with Crippen LogP contribution in [0.3, 0.4) is 0 Å². The van der Waals surface area contributed by atoms with Crippen LogP contribution in [0.25, 0.3) is 0 Å². The first-order chi connectivity index (χ1) is 10.6. The number of benzene rings is 2. The number of nitrogens with one attached hydrogen (secondary N) is 1. The maximum Gasteiger partial charge on any atom is 0.220 e. The topological polar surface area (TPSA) is 66.4 Å². The van der Waals surface area contributed by atoms with Crippen molar-refractivity contribution >= 4 is 11.7 Å². The average Bonchev–Trinajstić information content (AvgIpc) is 2.55. The maximum atomic E-state index is 11.9. The standard InChI is InChI=1S/C18H19NO3/c20-16-8-6-14(7-9-16)12-13-19-18(22)11-10-17(21)15-4-2-1-3-5-15/h1-9,20H,10-13H2,(H,19,22). The largest absolute Gasteiger partial charge is 0.508 e. The van der Waals surface area contributed by atoms with E-state index in [1.165, 1.54) is 0 Å². The molecule has 2 aromatic carbocycles. The smallest absolute Gasteiger partial charge is 0.220 e. The van der Waals surface area contributed by atoms with Gasteiger partial charge in [-0.15, -0.1) is 0 Å². The van der Waals surface area contributed by atoms with E-state index in [0.29, 0.717) is 18.5 Å². The van der Waals surface area contributed by atoms with Crippen LogP contribution in [0.15, 0.2) is 54.6 Å². The predicted molar refractivity (Wildman–Crippen MR) is 84.8 cm³/mol. The van der Waals surface area contributed by atoms with Gasteiger partial charge in [-0.3, -0.25) is 9.59 Å². The van der Waals surface area contributed by atoms with E-state index in [1.807, 2.05) is 30.3 Å². The number of hydrogen-bond donors (Lipinski definition) is 2. The van der Waals surface area contributed by atoms with Crippen LogP contribution >= 0.6 is 0 Å². The zero-order chi connectivity index (χ0) is 15.8. The van der Waals surface area contributed by atoms with Crippen LogP contribution in [0, 0.1) is 0 Å². The Morgan fingerprint density at radius 1 is 0.909 bits per heavy atom. The van der Waals surface area contributed by atoms with Crippen molar-refractivity contribution in [2.24, 2.45) is 0 Å². The highest BCUT2D eigenvalue weighted by molar-refractivity contribution is 5.97. The van der Waals surface area contributed by atoms with E-state index in [4.69, 9.17) is 0 Å². The van der Waals surface area contributed by atoms with Crippen molar-refractivity contribution in [3.05, 3.63) is 65.7 Å². The van der Waals surface area contributed by atoms with Gasteiger partial charge in [0.2, 0.25) is 5.91 Å². The molecule has 0 aliphatic carbocycles. The molecule has 0 fully saturated rings. The van der Waals surface area contributed by atoms with Crippen LogP contribution in [-0.4, -0.2) is 23.3 Å². The monoisotopic (exact) mass is 297 g/mol. The molecule has 2 aromatic rings. The molecule has 114 valence electrons. The zero-order valence-electron chi connectivity index (χ0n) is 12.3. The van der Waals surface area contributed by atoms with Gasteiger partial charge in [-0.1, -0.05) is 42.5 Å². The zero-order valence-corrected chi connectivity index (χ0v) is 12.3. The van der Waals surface area contributed by atoms with Crippen molar-refractivity contribution in [2.45, 2.75) is 19.3 Å². The first-order valence-electron chi connectivity index (χ1n) is 7.28. The molecule has 4 heteroatoms. The van der Waals surface area contributed by atoms with Gasteiger partial charge in [-0.05, 0) is 24.1 Å². The SMILES string of the molecule is O=C(CCC(=O)c1ccccc1)NCCc1ccc(O)cc1. The van der Waals surface area contributed by atoms with Gasteiger partial charge in [-0.2, -0.15) is 0 Å². The molecule has 0 radical (unpaired) electrons. The summed E-state index contributed by atoms with van der Waals surface area (Å²) in [5.74, 6) is 0.0875. The van der Waals surface area contributed by atoms with Gasteiger partial charge in [-0.25, -0.2) is 0 Å². The molecule has 2 N–H and O–H groups in total. The lowest BCUT2D eigenvalue weighted by Crippen LogP contribution is -2.26. The van der Waals surface area contributed by atoms with Crippen molar-refractivity contribution < 1.29 is 14.7 Å². The van der Waals surface area contributed by atoms with Gasteiger partial charge in [0.15, 0.2) is 5.78 Å². The number of hydrogen-bond acceptors (Lipinski definition) is 3. The van der Waals surface area contributed by atoms with Crippen LogP contribution in [0.4, 0.5) is 0 Å². The molecule has 1 amide bonds. The van der Waals surface area contributed by atoms with Crippen LogP contribution in [-0.2, 0) is 11.2 Å². The molecule has 2 rings (SSSR count). The van der Waals surface area contributed by atoms with Gasteiger partial charge in [0.05, 0.1) is 0 Å². The second-order valence-electron chi connectivity index (χ2n) is 5.06. The van der Waals surface area contributed by atoms with E-state index in [1.54, 1.807) is 24.3 Å². The molecular weight excluding hydrogens is 278 g/mol. The number of carbonyl (C=O) groups excluding carboxylic acids is 2. The summed E-state index contributed by atoms with van der Waals surface area (Å²) >= 11 is 0. The molecule has 0 aliphatic rings. The van der Waals surface area contributed by atoms with Gasteiger partial charge < -0.3 is 10.4 Å². The lowest BCUT2D eigenvalue weighted by Gasteiger charge is -2.05. The molecule has 0 atom stereocenters. The van der Waals surface area contributed by atoms with E-state index >= 15 is 0 Å². The van der Waals surface area contributed by atoms with Crippen molar-refractivity contribution in [3.63, 3.8) is 0 Å². The Morgan fingerprint density at radius 3 is 2.27 bits per heavy atom. The number of aromatic hydroxyl groups is 1. The third-order valence-electron chi connectivity index (χ3n) is 3.35. The fourth-order valence-corrected chi connectivity index (χ4v) is 2.09. The minimum atomic E-state index is -0.122. The van der Waals surface area contributed by atoms with Gasteiger partial charge in [0, 0.05) is 24.9 Å².